The van der Waals surface area contributed by atoms with E-state index in [4.69, 9.17) is 9.31 Å². The van der Waals surface area contributed by atoms with Crippen LogP contribution in [0.5, 0.6) is 0 Å². The largest absolute Gasteiger partial charge is 0.538 e. The molecule has 4 heteroatoms. The van der Waals surface area contributed by atoms with Crippen molar-refractivity contribution in [1.29, 1.82) is 0 Å². The lowest BCUT2D eigenvalue weighted by molar-refractivity contribution is -0.0274. The van der Waals surface area contributed by atoms with Crippen LogP contribution >= 0.6 is 0 Å². The van der Waals surface area contributed by atoms with Crippen LogP contribution in [-0.4, -0.2) is 24.9 Å². The number of hydrogen-bond acceptors (Lipinski definition) is 3. The van der Waals surface area contributed by atoms with Crippen molar-refractivity contribution in [3.63, 3.8) is 0 Å². The fourth-order valence-electron chi connectivity index (χ4n) is 7.53. The van der Waals surface area contributed by atoms with Crippen molar-refractivity contribution in [3.05, 3.63) is 23.0 Å². The molecule has 6 unspecified atom stereocenters. The molecule has 5 rings (SSSR count). The van der Waals surface area contributed by atoms with Crippen molar-refractivity contribution in [3.8, 4) is 0 Å². The van der Waals surface area contributed by atoms with Crippen molar-refractivity contribution in [2.24, 2.45) is 28.6 Å². The maximum absolute atomic E-state index is 10.2. The number of rotatable bonds is 0. The minimum Gasteiger partial charge on any atom is -0.538 e. The highest BCUT2D eigenvalue weighted by Gasteiger charge is 2.58. The molecule has 4 fully saturated rings. The number of fused-ring (bicyclic) bond motifs is 5. The Balaban J connectivity index is 1.47. The summed E-state index contributed by atoms with van der Waals surface area (Å²) in [5.41, 5.74) is 3.78. The fourth-order valence-corrected chi connectivity index (χ4v) is 7.53. The second kappa shape index (κ2) is 5.88. The first kappa shape index (κ1) is 17.4. The Kier molecular flexibility index (Phi) is 3.93. The third-order valence-electron chi connectivity index (χ3n) is 8.96. The summed E-state index contributed by atoms with van der Waals surface area (Å²) in [4.78, 5) is 0. The third kappa shape index (κ3) is 2.34. The van der Waals surface area contributed by atoms with E-state index in [1.54, 1.807) is 11.1 Å². The summed E-state index contributed by atoms with van der Waals surface area (Å²) in [5.74, 6) is 3.54. The Morgan fingerprint density at radius 3 is 2.65 bits per heavy atom. The van der Waals surface area contributed by atoms with Crippen molar-refractivity contribution in [1.82, 2.24) is 0 Å². The van der Waals surface area contributed by atoms with Crippen LogP contribution in [0.2, 0.25) is 6.82 Å². The summed E-state index contributed by atoms with van der Waals surface area (Å²) in [6.45, 7) is 7.70. The Morgan fingerprint density at radius 1 is 1.12 bits per heavy atom. The van der Waals surface area contributed by atoms with Gasteiger partial charge in [0, 0.05) is 0 Å². The molecule has 0 bridgehead atoms. The first-order valence-corrected chi connectivity index (χ1v) is 10.8. The molecule has 0 aromatic heterocycles. The molecule has 1 N–H and O–H groups in total. The maximum atomic E-state index is 10.2. The second-order valence-electron chi connectivity index (χ2n) is 10.0. The van der Waals surface area contributed by atoms with Crippen molar-refractivity contribution >= 4 is 7.12 Å². The van der Waals surface area contributed by atoms with E-state index in [0.717, 1.165) is 36.4 Å². The van der Waals surface area contributed by atoms with Gasteiger partial charge in [-0.05, 0) is 92.3 Å². The van der Waals surface area contributed by atoms with Gasteiger partial charge in [-0.1, -0.05) is 25.5 Å². The summed E-state index contributed by atoms with van der Waals surface area (Å²) in [6, 6.07) is 0. The second-order valence-corrected chi connectivity index (χ2v) is 10.0. The molecule has 0 spiro atoms. The zero-order chi connectivity index (χ0) is 18.1. The van der Waals surface area contributed by atoms with E-state index in [0.29, 0.717) is 17.4 Å². The lowest BCUT2D eigenvalue weighted by Crippen LogP contribution is -2.49. The Morgan fingerprint density at radius 2 is 1.88 bits per heavy atom. The van der Waals surface area contributed by atoms with Gasteiger partial charge >= 0.3 is 7.12 Å². The number of aliphatic hydroxyl groups is 1. The van der Waals surface area contributed by atoms with Gasteiger partial charge in [-0.15, -0.1) is 0 Å². The molecule has 26 heavy (non-hydrogen) atoms. The van der Waals surface area contributed by atoms with Crippen LogP contribution in [0.15, 0.2) is 23.0 Å². The van der Waals surface area contributed by atoms with E-state index >= 15 is 0 Å². The monoisotopic (exact) mass is 356 g/mol. The zero-order valence-electron chi connectivity index (χ0n) is 16.6. The van der Waals surface area contributed by atoms with E-state index in [2.05, 4.69) is 19.9 Å². The normalized spacial score (nSPS) is 50.6. The predicted octanol–water partition coefficient (Wildman–Crippen LogP) is 4.73. The van der Waals surface area contributed by atoms with E-state index in [-0.39, 0.29) is 13.2 Å². The Labute approximate surface area is 158 Å². The minimum absolute atomic E-state index is 0.0794. The smallest absolute Gasteiger partial charge is 0.522 e. The molecule has 1 saturated heterocycles. The predicted molar refractivity (Wildman–Crippen MR) is 103 cm³/mol. The quantitative estimate of drug-likeness (QED) is 0.504. The lowest BCUT2D eigenvalue weighted by atomic mass is 9.48. The fraction of sp³-hybridized carbons (Fsp3) is 0.818. The van der Waals surface area contributed by atoms with Crippen LogP contribution in [0, 0.1) is 28.6 Å². The molecule has 142 valence electrons. The average Bonchev–Trinajstić information content (AvgIpc) is 3.18. The number of hydrogen-bond donors (Lipinski definition) is 1. The maximum Gasteiger partial charge on any atom is 0.522 e. The van der Waals surface area contributed by atoms with E-state index in [9.17, 15) is 5.11 Å². The van der Waals surface area contributed by atoms with Gasteiger partial charge in [0.25, 0.3) is 0 Å². The van der Waals surface area contributed by atoms with Gasteiger partial charge in [-0.3, -0.25) is 0 Å². The van der Waals surface area contributed by atoms with Crippen molar-refractivity contribution in [2.45, 2.75) is 78.1 Å². The standard InChI is InChI=1S/C22H33BO3/c1-21-10-8-15(24)12-14(21)4-5-16-17-6-7-19(20-13-25-23(3)26-20)22(17,2)11-9-18(16)21/h4,15-18,24H,5-13H2,1-3H3/b20-19+. The summed E-state index contributed by atoms with van der Waals surface area (Å²) >= 11 is 0. The highest BCUT2D eigenvalue weighted by atomic mass is 16.6. The first-order chi connectivity index (χ1) is 12.4. The molecule has 6 atom stereocenters. The topological polar surface area (TPSA) is 38.7 Å². The van der Waals surface area contributed by atoms with Gasteiger partial charge < -0.3 is 14.4 Å². The van der Waals surface area contributed by atoms with Crippen LogP contribution in [0.1, 0.15) is 65.2 Å². The number of allylic oxidation sites excluding steroid dienone is 2. The minimum atomic E-state index is -0.107. The van der Waals surface area contributed by atoms with Gasteiger partial charge in [0.05, 0.1) is 12.7 Å². The molecule has 0 radical (unpaired) electrons. The molecule has 4 aliphatic carbocycles. The molecule has 3 nitrogen and oxygen atoms in total. The summed E-state index contributed by atoms with van der Waals surface area (Å²) < 4.78 is 11.7. The van der Waals surface area contributed by atoms with E-state index in [1.807, 2.05) is 6.82 Å². The Bertz CT molecular complexity index is 670. The number of aliphatic hydroxyl groups excluding tert-OH is 1. The van der Waals surface area contributed by atoms with Gasteiger partial charge in [-0.25, -0.2) is 0 Å². The summed E-state index contributed by atoms with van der Waals surface area (Å²) in [5, 5.41) is 10.2. The SMILES string of the molecule is CB1OC/C(=C2/CCC3C4CC=C5CC(O)CCC5(C)C4CCC23C)O1. The molecule has 3 saturated carbocycles. The zero-order valence-corrected chi connectivity index (χ0v) is 16.6. The van der Waals surface area contributed by atoms with Crippen LogP contribution in [-0.2, 0) is 9.31 Å². The summed E-state index contributed by atoms with van der Waals surface area (Å²) in [6.07, 6.45) is 11.8. The third-order valence-corrected chi connectivity index (χ3v) is 8.96. The van der Waals surface area contributed by atoms with Crippen molar-refractivity contribution < 1.29 is 14.4 Å². The molecular formula is C22H33BO3. The first-order valence-electron chi connectivity index (χ1n) is 10.8. The average molecular weight is 356 g/mol. The molecule has 5 aliphatic rings. The molecular weight excluding hydrogens is 323 g/mol. The Hall–Kier alpha value is -0.735. The van der Waals surface area contributed by atoms with Crippen molar-refractivity contribution in [2.75, 3.05) is 6.61 Å². The molecule has 0 amide bonds. The van der Waals surface area contributed by atoms with Crippen LogP contribution in [0.25, 0.3) is 0 Å². The highest BCUT2D eigenvalue weighted by Crippen LogP contribution is 2.66. The van der Waals surface area contributed by atoms with Gasteiger partial charge in [-0.2, -0.15) is 0 Å². The van der Waals surface area contributed by atoms with Crippen LogP contribution in [0.3, 0.4) is 0 Å². The van der Waals surface area contributed by atoms with Gasteiger partial charge in [0.2, 0.25) is 0 Å². The highest BCUT2D eigenvalue weighted by molar-refractivity contribution is 6.43. The molecule has 1 aliphatic heterocycles. The van der Waals surface area contributed by atoms with E-state index < -0.39 is 0 Å². The van der Waals surface area contributed by atoms with E-state index in [1.165, 1.54) is 38.5 Å². The summed E-state index contributed by atoms with van der Waals surface area (Å²) in [7, 11) is -0.0794. The molecule has 0 aromatic rings. The van der Waals surface area contributed by atoms with Crippen LogP contribution < -0.4 is 0 Å². The molecule has 1 heterocycles. The molecule has 0 aromatic carbocycles. The van der Waals surface area contributed by atoms with Crippen LogP contribution in [0.4, 0.5) is 0 Å². The van der Waals surface area contributed by atoms with Gasteiger partial charge in [0.1, 0.15) is 5.76 Å². The van der Waals surface area contributed by atoms with Gasteiger partial charge in [0.15, 0.2) is 0 Å². The lowest BCUT2D eigenvalue weighted by Gasteiger charge is -2.57.